The van der Waals surface area contributed by atoms with Crippen molar-refractivity contribution in [3.63, 3.8) is 0 Å². The molecular formula is C41H60N2O9. The first kappa shape index (κ1) is 42.3. The first-order chi connectivity index (χ1) is 25.1. The number of carbonyl (C=O) groups is 4. The molecule has 4 unspecified atom stereocenters. The number of hydrogen-bond donors (Lipinski definition) is 2. The summed E-state index contributed by atoms with van der Waals surface area (Å²) in [5.41, 5.74) is 0.884. The number of aromatic hydroxyl groups is 1. The molecule has 4 atom stereocenters. The SMILES string of the molecule is COc1ccnc(C(=O)NCCCCCCCCCCCCCCCC2COC(=O)C(Cc3ccccc3)C(OC(=O)C(C)C)C(C)OC2=O)c1O. The predicted octanol–water partition coefficient (Wildman–Crippen LogP) is 7.52. The van der Waals surface area contributed by atoms with E-state index < -0.39 is 53.8 Å². The summed E-state index contributed by atoms with van der Waals surface area (Å²) < 4.78 is 22.3. The van der Waals surface area contributed by atoms with Crippen molar-refractivity contribution in [1.29, 1.82) is 0 Å². The third-order valence-corrected chi connectivity index (χ3v) is 9.58. The molecule has 3 rings (SSSR count). The van der Waals surface area contributed by atoms with Crippen molar-refractivity contribution < 1.29 is 43.2 Å². The van der Waals surface area contributed by atoms with Crippen molar-refractivity contribution in [1.82, 2.24) is 10.3 Å². The Kier molecular flexibility index (Phi) is 19.0. The fourth-order valence-electron chi connectivity index (χ4n) is 6.40. The molecule has 1 aromatic carbocycles. The molecule has 1 aliphatic heterocycles. The number of rotatable bonds is 22. The van der Waals surface area contributed by atoms with Gasteiger partial charge in [0, 0.05) is 18.8 Å². The Balaban J connectivity index is 1.26. The third kappa shape index (κ3) is 14.5. The highest BCUT2D eigenvalue weighted by Crippen LogP contribution is 2.28. The Morgan fingerprint density at radius 2 is 1.48 bits per heavy atom. The number of nitrogens with one attached hydrogen (secondary N) is 1. The summed E-state index contributed by atoms with van der Waals surface area (Å²) in [4.78, 5) is 55.4. The van der Waals surface area contributed by atoms with Gasteiger partial charge in [0.15, 0.2) is 23.3 Å². The Morgan fingerprint density at radius 1 is 0.885 bits per heavy atom. The van der Waals surface area contributed by atoms with E-state index in [9.17, 15) is 24.3 Å². The van der Waals surface area contributed by atoms with Crippen LogP contribution in [-0.4, -0.2) is 66.4 Å². The molecule has 1 saturated heterocycles. The van der Waals surface area contributed by atoms with E-state index in [2.05, 4.69) is 10.3 Å². The highest BCUT2D eigenvalue weighted by molar-refractivity contribution is 5.95. The third-order valence-electron chi connectivity index (χ3n) is 9.58. The molecule has 0 aliphatic carbocycles. The Labute approximate surface area is 309 Å². The summed E-state index contributed by atoms with van der Waals surface area (Å²) in [7, 11) is 1.43. The molecule has 11 heteroatoms. The van der Waals surface area contributed by atoms with Crippen LogP contribution < -0.4 is 10.1 Å². The van der Waals surface area contributed by atoms with Crippen LogP contribution in [0.1, 0.15) is 127 Å². The average Bonchev–Trinajstić information content (AvgIpc) is 3.16. The van der Waals surface area contributed by atoms with Crippen LogP contribution in [0.25, 0.3) is 0 Å². The second-order valence-corrected chi connectivity index (χ2v) is 14.2. The lowest BCUT2D eigenvalue weighted by atomic mass is 9.91. The normalized spacial score (nSPS) is 19.2. The zero-order chi connectivity index (χ0) is 37.7. The number of benzene rings is 1. The van der Waals surface area contributed by atoms with E-state index in [0.717, 1.165) is 50.5 Å². The van der Waals surface area contributed by atoms with Gasteiger partial charge < -0.3 is 29.4 Å². The maximum Gasteiger partial charge on any atom is 0.313 e. The number of amides is 1. The van der Waals surface area contributed by atoms with Gasteiger partial charge in [-0.15, -0.1) is 0 Å². The highest BCUT2D eigenvalue weighted by atomic mass is 16.6. The molecule has 1 amide bonds. The molecule has 2 aromatic rings. The molecule has 2 N–H and O–H groups in total. The zero-order valence-electron chi connectivity index (χ0n) is 31.6. The van der Waals surface area contributed by atoms with E-state index in [4.69, 9.17) is 18.9 Å². The van der Waals surface area contributed by atoms with Crippen molar-refractivity contribution in [3.8, 4) is 11.5 Å². The van der Waals surface area contributed by atoms with Gasteiger partial charge in [-0.25, -0.2) is 4.98 Å². The maximum absolute atomic E-state index is 13.4. The number of carbonyl (C=O) groups excluding carboxylic acids is 4. The van der Waals surface area contributed by atoms with Gasteiger partial charge in [-0.05, 0) is 31.7 Å². The molecule has 1 aliphatic rings. The van der Waals surface area contributed by atoms with Gasteiger partial charge in [0.25, 0.3) is 5.91 Å². The van der Waals surface area contributed by atoms with Gasteiger partial charge in [0.1, 0.15) is 18.6 Å². The molecule has 2 heterocycles. The van der Waals surface area contributed by atoms with Crippen LogP contribution in [0.3, 0.4) is 0 Å². The topological polar surface area (TPSA) is 150 Å². The average molecular weight is 725 g/mol. The molecule has 1 fully saturated rings. The van der Waals surface area contributed by atoms with Crippen LogP contribution in [0.4, 0.5) is 0 Å². The van der Waals surface area contributed by atoms with Gasteiger partial charge in [0.05, 0.1) is 18.9 Å². The largest absolute Gasteiger partial charge is 0.503 e. The lowest BCUT2D eigenvalue weighted by molar-refractivity contribution is -0.177. The van der Waals surface area contributed by atoms with Gasteiger partial charge in [-0.3, -0.25) is 19.2 Å². The van der Waals surface area contributed by atoms with Crippen LogP contribution in [0, 0.1) is 17.8 Å². The molecule has 288 valence electrons. The Bertz CT molecular complexity index is 1380. The summed E-state index contributed by atoms with van der Waals surface area (Å²) in [6.07, 6.45) is 15.0. The first-order valence-electron chi connectivity index (χ1n) is 19.2. The van der Waals surface area contributed by atoms with E-state index in [1.165, 1.54) is 57.9 Å². The summed E-state index contributed by atoms with van der Waals surface area (Å²) >= 11 is 0. The summed E-state index contributed by atoms with van der Waals surface area (Å²) in [5, 5.41) is 12.9. The van der Waals surface area contributed by atoms with Crippen molar-refractivity contribution in [2.24, 2.45) is 17.8 Å². The van der Waals surface area contributed by atoms with Crippen molar-refractivity contribution in [3.05, 3.63) is 53.9 Å². The Hall–Kier alpha value is -4.15. The Morgan fingerprint density at radius 3 is 2.08 bits per heavy atom. The molecule has 52 heavy (non-hydrogen) atoms. The number of esters is 3. The zero-order valence-corrected chi connectivity index (χ0v) is 31.6. The number of nitrogens with zero attached hydrogens (tertiary/aromatic N) is 1. The molecule has 0 saturated carbocycles. The number of hydrogen-bond acceptors (Lipinski definition) is 10. The molecule has 11 nitrogen and oxygen atoms in total. The summed E-state index contributed by atoms with van der Waals surface area (Å²) in [5.74, 6) is -3.49. The van der Waals surface area contributed by atoms with Crippen molar-refractivity contribution in [2.45, 2.75) is 129 Å². The van der Waals surface area contributed by atoms with Crippen molar-refractivity contribution >= 4 is 23.8 Å². The van der Waals surface area contributed by atoms with Crippen LogP contribution in [-0.2, 0) is 35.0 Å². The van der Waals surface area contributed by atoms with E-state index in [1.54, 1.807) is 20.8 Å². The fourth-order valence-corrected chi connectivity index (χ4v) is 6.40. The van der Waals surface area contributed by atoms with Crippen LogP contribution in [0.2, 0.25) is 0 Å². The van der Waals surface area contributed by atoms with Gasteiger partial charge in [-0.1, -0.05) is 121 Å². The first-order valence-corrected chi connectivity index (χ1v) is 19.2. The summed E-state index contributed by atoms with van der Waals surface area (Å²) in [6, 6.07) is 11.0. The molecule has 0 bridgehead atoms. The van der Waals surface area contributed by atoms with Crippen LogP contribution in [0.5, 0.6) is 11.5 Å². The minimum absolute atomic E-state index is 0.0222. The van der Waals surface area contributed by atoms with E-state index in [0.29, 0.717) is 19.4 Å². The second-order valence-electron chi connectivity index (χ2n) is 14.2. The monoisotopic (exact) mass is 724 g/mol. The lowest BCUT2D eigenvalue weighted by Gasteiger charge is -2.29. The number of ether oxygens (including phenoxy) is 4. The van der Waals surface area contributed by atoms with E-state index in [-0.39, 0.29) is 23.8 Å². The number of unbranched alkanes of at least 4 members (excludes halogenated alkanes) is 12. The minimum Gasteiger partial charge on any atom is -0.503 e. The standard InChI is InChI=1S/C41H60N2O9/c1-29(2)39(46)52-37-30(3)51-40(47)32(28-50-41(48)33(37)27-31-21-17-16-18-22-31)23-19-14-12-10-8-6-5-7-9-11-13-15-20-25-43-38(45)35-36(44)34(49-4)24-26-42-35/h16-18,21-22,24,26,29-30,32-33,37,44H,5-15,19-20,23,25,27-28H2,1-4H3,(H,43,45). The lowest BCUT2D eigenvalue weighted by Crippen LogP contribution is -2.43. The summed E-state index contributed by atoms with van der Waals surface area (Å²) in [6.45, 7) is 5.65. The van der Waals surface area contributed by atoms with Gasteiger partial charge in [-0.2, -0.15) is 0 Å². The van der Waals surface area contributed by atoms with Crippen LogP contribution >= 0.6 is 0 Å². The molecule has 1 aromatic heterocycles. The molecule has 0 radical (unpaired) electrons. The minimum atomic E-state index is -0.946. The number of cyclic esters (lactones) is 2. The molecular weight excluding hydrogens is 664 g/mol. The second kappa shape index (κ2) is 23.4. The number of aromatic nitrogens is 1. The van der Waals surface area contributed by atoms with Gasteiger partial charge >= 0.3 is 17.9 Å². The van der Waals surface area contributed by atoms with E-state index >= 15 is 0 Å². The predicted molar refractivity (Wildman–Crippen MR) is 198 cm³/mol. The highest BCUT2D eigenvalue weighted by Gasteiger charge is 2.41. The molecule has 0 spiro atoms. The fraction of sp³-hybridized carbons (Fsp3) is 0.634. The number of methoxy groups -OCH3 is 1. The number of pyridine rings is 1. The van der Waals surface area contributed by atoms with E-state index in [1.807, 2.05) is 30.3 Å². The van der Waals surface area contributed by atoms with Gasteiger partial charge in [0.2, 0.25) is 0 Å². The smallest absolute Gasteiger partial charge is 0.313 e. The maximum atomic E-state index is 13.4. The van der Waals surface area contributed by atoms with Crippen molar-refractivity contribution in [2.75, 3.05) is 20.3 Å². The van der Waals surface area contributed by atoms with Crippen LogP contribution in [0.15, 0.2) is 42.6 Å². The quantitative estimate of drug-likeness (QED) is 0.0709.